The van der Waals surface area contributed by atoms with Gasteiger partial charge >= 0.3 is 0 Å². The fourth-order valence-corrected chi connectivity index (χ4v) is 5.15. The molecule has 4 rings (SSSR count). The predicted molar refractivity (Wildman–Crippen MR) is 112 cm³/mol. The van der Waals surface area contributed by atoms with Gasteiger partial charge in [-0.2, -0.15) is 0 Å². The number of aryl methyl sites for hydroxylation is 1. The van der Waals surface area contributed by atoms with E-state index in [1.807, 2.05) is 24.3 Å². The Balaban J connectivity index is 1.48. The van der Waals surface area contributed by atoms with Crippen molar-refractivity contribution in [1.29, 1.82) is 0 Å². The molecule has 2 aromatic carbocycles. The van der Waals surface area contributed by atoms with Crippen LogP contribution in [0.3, 0.4) is 0 Å². The van der Waals surface area contributed by atoms with Gasteiger partial charge in [-0.1, -0.05) is 24.3 Å². The molecule has 5 nitrogen and oxygen atoms in total. The minimum atomic E-state index is -0.436. The quantitative estimate of drug-likeness (QED) is 0.857. The summed E-state index contributed by atoms with van der Waals surface area (Å²) in [5.74, 6) is 1.74. The number of rotatable bonds is 4. The zero-order chi connectivity index (χ0) is 19.5. The van der Waals surface area contributed by atoms with Gasteiger partial charge in [0.05, 0.1) is 18.9 Å². The molecule has 2 unspecified atom stereocenters. The molecule has 1 saturated heterocycles. The van der Waals surface area contributed by atoms with Gasteiger partial charge in [-0.3, -0.25) is 9.59 Å². The van der Waals surface area contributed by atoms with Gasteiger partial charge < -0.3 is 15.0 Å². The van der Waals surface area contributed by atoms with Crippen LogP contribution in [0.5, 0.6) is 5.75 Å². The Hall–Kier alpha value is -2.47. The first-order chi connectivity index (χ1) is 13.7. The van der Waals surface area contributed by atoms with Crippen molar-refractivity contribution in [2.45, 2.75) is 31.2 Å². The molecule has 1 heterocycles. The molecule has 0 spiro atoms. The Labute approximate surface area is 169 Å². The molecule has 6 heteroatoms. The van der Waals surface area contributed by atoms with Gasteiger partial charge in [0.15, 0.2) is 0 Å². The molecule has 1 fully saturated rings. The van der Waals surface area contributed by atoms with Crippen LogP contribution >= 0.6 is 11.8 Å². The number of ether oxygens (including phenoxy) is 1. The first-order valence-electron chi connectivity index (χ1n) is 9.58. The van der Waals surface area contributed by atoms with Gasteiger partial charge in [-0.05, 0) is 54.7 Å². The summed E-state index contributed by atoms with van der Waals surface area (Å²) in [5, 5.41) is 2.94. The molecule has 146 valence electrons. The molecule has 2 amide bonds. The highest BCUT2D eigenvalue weighted by atomic mass is 32.2. The number of nitrogens with one attached hydrogen (secondary N) is 1. The van der Waals surface area contributed by atoms with Gasteiger partial charge in [0, 0.05) is 11.4 Å². The normalized spacial score (nSPS) is 21.1. The Morgan fingerprint density at radius 3 is 2.71 bits per heavy atom. The lowest BCUT2D eigenvalue weighted by Gasteiger charge is -2.31. The van der Waals surface area contributed by atoms with E-state index in [4.69, 9.17) is 4.74 Å². The number of fused-ring (bicyclic) bond motifs is 1. The number of anilines is 1. The molecule has 2 aliphatic rings. The Bertz CT molecular complexity index is 868. The van der Waals surface area contributed by atoms with Crippen LogP contribution in [-0.2, 0) is 16.0 Å². The van der Waals surface area contributed by atoms with Crippen LogP contribution in [-0.4, -0.2) is 41.5 Å². The van der Waals surface area contributed by atoms with Crippen LogP contribution in [0.2, 0.25) is 0 Å². The zero-order valence-electron chi connectivity index (χ0n) is 15.9. The highest BCUT2D eigenvalue weighted by Gasteiger charge is 2.39. The summed E-state index contributed by atoms with van der Waals surface area (Å²) in [4.78, 5) is 28.0. The number of hydrogen-bond donors (Lipinski definition) is 1. The van der Waals surface area contributed by atoms with E-state index < -0.39 is 6.04 Å². The van der Waals surface area contributed by atoms with Crippen molar-refractivity contribution >= 4 is 29.3 Å². The van der Waals surface area contributed by atoms with Crippen molar-refractivity contribution < 1.29 is 14.3 Å². The van der Waals surface area contributed by atoms with Crippen LogP contribution in [0.25, 0.3) is 0 Å². The Kier molecular flexibility index (Phi) is 5.57. The predicted octanol–water partition coefficient (Wildman–Crippen LogP) is 3.66. The van der Waals surface area contributed by atoms with E-state index in [1.165, 1.54) is 5.56 Å². The SMILES string of the molecule is COc1ccc(NC(=O)C2CSCN2C(=O)C2CCCc3ccccc32)cc1. The number of benzene rings is 2. The number of amides is 2. The standard InChI is InChI=1S/C22H24N2O3S/c1-27-17-11-9-16(10-12-17)23-21(25)20-13-28-14-24(20)22(26)19-8-4-6-15-5-2-3-7-18(15)19/h2-3,5,7,9-12,19-20H,4,6,8,13-14H2,1H3,(H,23,25). The second kappa shape index (κ2) is 8.27. The fraction of sp³-hybridized carbons (Fsp3) is 0.364. The maximum absolute atomic E-state index is 13.3. The van der Waals surface area contributed by atoms with Crippen LogP contribution in [0.1, 0.15) is 29.9 Å². The van der Waals surface area contributed by atoms with Crippen molar-refractivity contribution in [3.05, 3.63) is 59.7 Å². The van der Waals surface area contributed by atoms with Gasteiger partial charge in [0.25, 0.3) is 0 Å². The van der Waals surface area contributed by atoms with Gasteiger partial charge in [-0.25, -0.2) is 0 Å². The number of nitrogens with zero attached hydrogens (tertiary/aromatic N) is 1. The molecule has 0 bridgehead atoms. The Morgan fingerprint density at radius 2 is 1.93 bits per heavy atom. The maximum atomic E-state index is 13.3. The number of hydrogen-bond acceptors (Lipinski definition) is 4. The number of methoxy groups -OCH3 is 1. The van der Waals surface area contributed by atoms with Crippen LogP contribution in [0.15, 0.2) is 48.5 Å². The van der Waals surface area contributed by atoms with Gasteiger partial charge in [0.1, 0.15) is 11.8 Å². The van der Waals surface area contributed by atoms with E-state index in [0.29, 0.717) is 17.3 Å². The third-order valence-corrected chi connectivity index (χ3v) is 6.51. The zero-order valence-corrected chi connectivity index (χ0v) is 16.7. The third kappa shape index (κ3) is 3.74. The minimum Gasteiger partial charge on any atom is -0.497 e. The lowest BCUT2D eigenvalue weighted by atomic mass is 9.82. The van der Waals surface area contributed by atoms with E-state index in [9.17, 15) is 9.59 Å². The molecular weight excluding hydrogens is 372 g/mol. The van der Waals surface area contributed by atoms with Crippen LogP contribution < -0.4 is 10.1 Å². The maximum Gasteiger partial charge on any atom is 0.248 e. The number of thioether (sulfide) groups is 1. The lowest BCUT2D eigenvalue weighted by molar-refractivity contribution is -0.137. The number of carbonyl (C=O) groups is 2. The van der Waals surface area contributed by atoms with Crippen LogP contribution in [0.4, 0.5) is 5.69 Å². The molecular formula is C22H24N2O3S. The average molecular weight is 397 g/mol. The van der Waals surface area contributed by atoms with E-state index in [1.54, 1.807) is 35.9 Å². The third-order valence-electron chi connectivity index (χ3n) is 5.49. The van der Waals surface area contributed by atoms with Crippen molar-refractivity contribution in [1.82, 2.24) is 4.90 Å². The summed E-state index contributed by atoms with van der Waals surface area (Å²) >= 11 is 1.63. The highest BCUT2D eigenvalue weighted by molar-refractivity contribution is 7.99. The van der Waals surface area contributed by atoms with Gasteiger partial charge in [-0.15, -0.1) is 11.8 Å². The largest absolute Gasteiger partial charge is 0.497 e. The Morgan fingerprint density at radius 1 is 1.14 bits per heavy atom. The van der Waals surface area contributed by atoms with Crippen molar-refractivity contribution in [3.63, 3.8) is 0 Å². The second-order valence-electron chi connectivity index (χ2n) is 7.19. The second-order valence-corrected chi connectivity index (χ2v) is 8.18. The molecule has 28 heavy (non-hydrogen) atoms. The van der Waals surface area contributed by atoms with Crippen LogP contribution in [0, 0.1) is 0 Å². The van der Waals surface area contributed by atoms with E-state index >= 15 is 0 Å². The molecule has 1 aliphatic heterocycles. The number of carbonyl (C=O) groups excluding carboxylic acids is 2. The summed E-state index contributed by atoms with van der Waals surface area (Å²) in [7, 11) is 1.61. The summed E-state index contributed by atoms with van der Waals surface area (Å²) in [6.07, 6.45) is 2.89. The van der Waals surface area contributed by atoms with Gasteiger partial charge in [0.2, 0.25) is 11.8 Å². The molecule has 0 saturated carbocycles. The topological polar surface area (TPSA) is 58.6 Å². The average Bonchev–Trinajstić information content (AvgIpc) is 3.23. The van der Waals surface area contributed by atoms with Crippen molar-refractivity contribution in [3.8, 4) is 5.75 Å². The summed E-state index contributed by atoms with van der Waals surface area (Å²) in [5.41, 5.74) is 3.10. The molecule has 0 aromatic heterocycles. The molecule has 2 atom stereocenters. The van der Waals surface area contributed by atoms with E-state index in [2.05, 4.69) is 17.4 Å². The monoisotopic (exact) mass is 396 g/mol. The van der Waals surface area contributed by atoms with Crippen molar-refractivity contribution in [2.24, 2.45) is 0 Å². The smallest absolute Gasteiger partial charge is 0.248 e. The van der Waals surface area contributed by atoms with Crippen molar-refractivity contribution in [2.75, 3.05) is 24.1 Å². The first kappa shape index (κ1) is 18.9. The molecule has 0 radical (unpaired) electrons. The fourth-order valence-electron chi connectivity index (χ4n) is 3.99. The minimum absolute atomic E-state index is 0.0760. The molecule has 1 N–H and O–H groups in total. The summed E-state index contributed by atoms with van der Waals surface area (Å²) in [6.45, 7) is 0. The van der Waals surface area contributed by atoms with E-state index in [0.717, 1.165) is 30.6 Å². The molecule has 2 aromatic rings. The summed E-state index contributed by atoms with van der Waals surface area (Å²) in [6, 6.07) is 15.0. The lowest BCUT2D eigenvalue weighted by Crippen LogP contribution is -2.46. The highest BCUT2D eigenvalue weighted by Crippen LogP contribution is 2.35. The first-order valence-corrected chi connectivity index (χ1v) is 10.7. The summed E-state index contributed by atoms with van der Waals surface area (Å²) < 4.78 is 5.15. The van der Waals surface area contributed by atoms with E-state index in [-0.39, 0.29) is 17.7 Å². The molecule has 1 aliphatic carbocycles.